The molecule has 0 unspecified atom stereocenters. The summed E-state index contributed by atoms with van der Waals surface area (Å²) in [5.74, 6) is 2.31. The van der Waals surface area contributed by atoms with Crippen LogP contribution in [0, 0.1) is 0 Å². The molecule has 0 radical (unpaired) electrons. The number of nitrogens with zero attached hydrogens (tertiary/aromatic N) is 9. The first-order valence-electron chi connectivity index (χ1n) is 15.9. The highest BCUT2D eigenvalue weighted by molar-refractivity contribution is 6.08. The highest BCUT2D eigenvalue weighted by Crippen LogP contribution is 2.48. The minimum atomic E-state index is -0.477. The van der Waals surface area contributed by atoms with Gasteiger partial charge in [0.1, 0.15) is 36.3 Å². The smallest absolute Gasteiger partial charge is 0.251 e. The molecule has 0 spiro atoms. The van der Waals surface area contributed by atoms with Crippen molar-refractivity contribution in [3.63, 3.8) is 0 Å². The van der Waals surface area contributed by atoms with E-state index in [1.807, 2.05) is 14.0 Å². The number of fused-ring (bicyclic) bond motifs is 6. The Hall–Kier alpha value is -3.93. The van der Waals surface area contributed by atoms with Crippen LogP contribution in [0.2, 0.25) is 0 Å². The van der Waals surface area contributed by atoms with Crippen molar-refractivity contribution in [2.75, 3.05) is 80.1 Å². The maximum Gasteiger partial charge on any atom is 0.251 e. The zero-order valence-corrected chi connectivity index (χ0v) is 26.3. The van der Waals surface area contributed by atoms with Gasteiger partial charge in [-0.1, -0.05) is 6.58 Å². The fourth-order valence-electron chi connectivity index (χ4n) is 7.79. The van der Waals surface area contributed by atoms with Crippen molar-refractivity contribution in [2.24, 2.45) is 0 Å². The predicted octanol–water partition coefficient (Wildman–Crippen LogP) is 1.86. The minimum Gasteiger partial charge on any atom is -0.474 e. The van der Waals surface area contributed by atoms with E-state index in [-0.39, 0.29) is 17.9 Å². The van der Waals surface area contributed by atoms with Gasteiger partial charge in [0.15, 0.2) is 0 Å². The Labute approximate surface area is 259 Å². The monoisotopic (exact) mass is 601 g/mol. The van der Waals surface area contributed by atoms with Crippen LogP contribution in [0.25, 0.3) is 0 Å². The summed E-state index contributed by atoms with van der Waals surface area (Å²) >= 11 is 0. The van der Waals surface area contributed by atoms with Gasteiger partial charge in [0.2, 0.25) is 11.8 Å². The average molecular weight is 602 g/mol. The van der Waals surface area contributed by atoms with Gasteiger partial charge in [0.25, 0.3) is 5.91 Å². The molecule has 0 bridgehead atoms. The zero-order chi connectivity index (χ0) is 30.7. The number of piperazine rings is 1. The Morgan fingerprint density at radius 1 is 1.05 bits per heavy atom. The molecular weight excluding hydrogens is 558 g/mol. The maximum absolute atomic E-state index is 13.9. The molecule has 5 aliphatic heterocycles. The SMILES string of the molecule is C=CC(=O)N1C[C@@H]2C(=O)N(C)c3c(OC[C@@H]4CCCN4C)nc4c(c3N2C[C@H]1C)CCN(c1ncnc2c1CCCN2C)C4. The molecule has 7 rings (SSSR count). The van der Waals surface area contributed by atoms with E-state index >= 15 is 0 Å². The maximum atomic E-state index is 13.9. The molecule has 3 atom stereocenters. The first-order chi connectivity index (χ1) is 21.3. The Morgan fingerprint density at radius 3 is 2.64 bits per heavy atom. The lowest BCUT2D eigenvalue weighted by Gasteiger charge is -2.51. The van der Waals surface area contributed by atoms with Crippen LogP contribution in [-0.2, 0) is 29.0 Å². The molecule has 5 aliphatic rings. The molecule has 44 heavy (non-hydrogen) atoms. The van der Waals surface area contributed by atoms with Crippen molar-refractivity contribution in [3.05, 3.63) is 35.8 Å². The van der Waals surface area contributed by atoms with Gasteiger partial charge in [-0.2, -0.15) is 0 Å². The summed E-state index contributed by atoms with van der Waals surface area (Å²) in [6.45, 7) is 10.6. The van der Waals surface area contributed by atoms with E-state index in [9.17, 15) is 9.59 Å². The second-order valence-electron chi connectivity index (χ2n) is 12.9. The quantitative estimate of drug-likeness (QED) is 0.472. The van der Waals surface area contributed by atoms with Gasteiger partial charge in [-0.15, -0.1) is 0 Å². The molecule has 12 heteroatoms. The Bertz CT molecular complexity index is 1500. The normalized spacial score (nSPS) is 25.0. The van der Waals surface area contributed by atoms with Gasteiger partial charge in [-0.05, 0) is 58.7 Å². The summed E-state index contributed by atoms with van der Waals surface area (Å²) < 4.78 is 6.57. The van der Waals surface area contributed by atoms with Crippen LogP contribution in [0.5, 0.6) is 5.88 Å². The van der Waals surface area contributed by atoms with Crippen molar-refractivity contribution < 1.29 is 14.3 Å². The molecule has 0 aromatic carbocycles. The molecule has 2 fully saturated rings. The Kier molecular flexibility index (Phi) is 7.34. The number of aromatic nitrogens is 3. The summed E-state index contributed by atoms with van der Waals surface area (Å²) in [6.07, 6.45) is 8.05. The molecule has 0 N–H and O–H groups in total. The van der Waals surface area contributed by atoms with Gasteiger partial charge in [0, 0.05) is 56.9 Å². The summed E-state index contributed by atoms with van der Waals surface area (Å²) in [4.78, 5) is 53.8. The molecular formula is C32H43N9O3. The first kappa shape index (κ1) is 28.8. The van der Waals surface area contributed by atoms with Crippen molar-refractivity contribution in [1.82, 2.24) is 24.8 Å². The molecule has 234 valence electrons. The number of carbonyl (C=O) groups is 2. The number of hydrogen-bond donors (Lipinski definition) is 0. The summed E-state index contributed by atoms with van der Waals surface area (Å²) in [5.41, 5.74) is 5.08. The van der Waals surface area contributed by atoms with Gasteiger partial charge < -0.3 is 34.1 Å². The third-order valence-corrected chi connectivity index (χ3v) is 10.3. The number of pyridine rings is 1. The average Bonchev–Trinajstić information content (AvgIpc) is 3.45. The molecule has 0 aliphatic carbocycles. The molecule has 2 aromatic rings. The number of rotatable bonds is 5. The zero-order valence-electron chi connectivity index (χ0n) is 26.3. The van der Waals surface area contributed by atoms with E-state index in [4.69, 9.17) is 14.7 Å². The third kappa shape index (κ3) is 4.65. The second-order valence-corrected chi connectivity index (χ2v) is 12.9. The van der Waals surface area contributed by atoms with Gasteiger partial charge in [-0.3, -0.25) is 9.59 Å². The Morgan fingerprint density at radius 2 is 1.86 bits per heavy atom. The molecule has 2 aromatic heterocycles. The van der Waals surface area contributed by atoms with E-state index in [1.54, 1.807) is 16.1 Å². The fourth-order valence-corrected chi connectivity index (χ4v) is 7.79. The Balaban J connectivity index is 1.30. The second kappa shape index (κ2) is 11.2. The van der Waals surface area contributed by atoms with E-state index in [1.165, 1.54) is 11.6 Å². The number of anilines is 4. The van der Waals surface area contributed by atoms with Crippen LogP contribution in [0.1, 0.15) is 43.0 Å². The highest BCUT2D eigenvalue weighted by atomic mass is 16.5. The minimum absolute atomic E-state index is 0.0509. The number of hydrogen-bond acceptors (Lipinski definition) is 10. The van der Waals surface area contributed by atoms with Gasteiger partial charge in [-0.25, -0.2) is 15.0 Å². The van der Waals surface area contributed by atoms with Crippen LogP contribution >= 0.6 is 0 Å². The van der Waals surface area contributed by atoms with E-state index in [0.29, 0.717) is 38.2 Å². The lowest BCUT2D eigenvalue weighted by Crippen LogP contribution is -2.65. The van der Waals surface area contributed by atoms with Crippen molar-refractivity contribution in [3.8, 4) is 5.88 Å². The summed E-state index contributed by atoms with van der Waals surface area (Å²) in [6, 6.07) is -0.239. The largest absolute Gasteiger partial charge is 0.474 e. The molecule has 0 saturated carbocycles. The molecule has 2 amide bonds. The lowest BCUT2D eigenvalue weighted by molar-refractivity contribution is -0.130. The van der Waals surface area contributed by atoms with Crippen LogP contribution < -0.4 is 24.3 Å². The van der Waals surface area contributed by atoms with Gasteiger partial charge >= 0.3 is 0 Å². The topological polar surface area (TPSA) is 101 Å². The molecule has 7 heterocycles. The van der Waals surface area contributed by atoms with Crippen molar-refractivity contribution in [1.29, 1.82) is 0 Å². The number of likely N-dealkylation sites (N-methyl/N-ethyl adjacent to an activating group) is 2. The lowest BCUT2D eigenvalue weighted by atomic mass is 9.94. The summed E-state index contributed by atoms with van der Waals surface area (Å²) in [7, 11) is 6.05. The number of carbonyl (C=O) groups excluding carboxylic acids is 2. The summed E-state index contributed by atoms with van der Waals surface area (Å²) in [5, 5.41) is 0. The number of likely N-dealkylation sites (tertiary alicyclic amines) is 1. The highest BCUT2D eigenvalue weighted by Gasteiger charge is 2.47. The van der Waals surface area contributed by atoms with Crippen LogP contribution in [-0.4, -0.2) is 115 Å². The third-order valence-electron chi connectivity index (χ3n) is 10.3. The van der Waals surface area contributed by atoms with Crippen LogP contribution in [0.4, 0.5) is 23.0 Å². The fraction of sp³-hybridized carbons (Fsp3) is 0.594. The van der Waals surface area contributed by atoms with Crippen LogP contribution in [0.3, 0.4) is 0 Å². The first-order valence-corrected chi connectivity index (χ1v) is 15.9. The number of amides is 2. The molecule has 12 nitrogen and oxygen atoms in total. The standard InChI is InChI=1S/C32H43N9O3/c1-6-26(42)40-17-25-32(43)38(5)28-27(41(25)15-20(40)2)22-11-14-39(30-23-10-8-13-37(4)29(23)33-19-34-30)16-24(22)35-31(28)44-18-21-9-7-12-36(21)3/h6,19-21,25H,1,7-18H2,2-5H3/t20-,21+,25-/m1/s1. The predicted molar refractivity (Wildman–Crippen MR) is 170 cm³/mol. The molecule has 2 saturated heterocycles. The van der Waals surface area contributed by atoms with E-state index < -0.39 is 6.04 Å². The van der Waals surface area contributed by atoms with E-state index in [0.717, 1.165) is 86.0 Å². The van der Waals surface area contributed by atoms with Crippen molar-refractivity contribution in [2.45, 2.75) is 63.7 Å². The van der Waals surface area contributed by atoms with Gasteiger partial charge in [0.05, 0.1) is 24.5 Å². The van der Waals surface area contributed by atoms with Crippen molar-refractivity contribution >= 4 is 34.8 Å². The number of ether oxygens (including phenoxy) is 1. The van der Waals surface area contributed by atoms with E-state index in [2.05, 4.69) is 45.3 Å². The van der Waals surface area contributed by atoms with Crippen LogP contribution in [0.15, 0.2) is 19.0 Å².